The molecule has 0 heterocycles. The second-order valence-corrected chi connectivity index (χ2v) is 7.21. The molecule has 152 valence electrons. The number of carbonyl (C=O) groups is 2. The van der Waals surface area contributed by atoms with Crippen LogP contribution in [0.2, 0.25) is 0 Å². The molecule has 0 saturated carbocycles. The Morgan fingerprint density at radius 1 is 0.806 bits per heavy atom. The van der Waals surface area contributed by atoms with Crippen LogP contribution in [0.3, 0.4) is 0 Å². The molecular formula is C27H18F2O2. The summed E-state index contributed by atoms with van der Waals surface area (Å²) < 4.78 is 26.9. The number of ketones is 2. The summed E-state index contributed by atoms with van der Waals surface area (Å²) in [4.78, 5) is 25.0. The van der Waals surface area contributed by atoms with Crippen LogP contribution in [0.5, 0.6) is 0 Å². The van der Waals surface area contributed by atoms with Crippen LogP contribution in [0, 0.1) is 11.6 Å². The SMILES string of the molecule is CC(=O)C1=Cc2ccccc2/C(=C\C=C(c2ccc(F)cc2)c2ccc(F)cc2)C1=O. The zero-order chi connectivity index (χ0) is 22.0. The van der Waals surface area contributed by atoms with Crippen LogP contribution in [0.4, 0.5) is 8.78 Å². The standard InChI is InChI=1S/C27H18F2O2/c1-17(30)26-16-20-4-2-3-5-24(20)25(27(26)31)15-14-23(18-6-10-21(28)11-7-18)19-8-12-22(29)13-9-19/h2-16H,1H3/b25-15+. The van der Waals surface area contributed by atoms with E-state index in [9.17, 15) is 18.4 Å². The van der Waals surface area contributed by atoms with Crippen LogP contribution in [0.15, 0.2) is 90.5 Å². The van der Waals surface area contributed by atoms with E-state index in [1.165, 1.54) is 31.2 Å². The van der Waals surface area contributed by atoms with E-state index in [4.69, 9.17) is 0 Å². The summed E-state index contributed by atoms with van der Waals surface area (Å²) in [6, 6.07) is 19.2. The Bertz CT molecular complexity index is 1210. The lowest BCUT2D eigenvalue weighted by Crippen LogP contribution is -2.16. The molecule has 4 heteroatoms. The van der Waals surface area contributed by atoms with Crippen molar-refractivity contribution in [1.82, 2.24) is 0 Å². The van der Waals surface area contributed by atoms with Gasteiger partial charge < -0.3 is 0 Å². The Kier molecular flexibility index (Phi) is 5.54. The van der Waals surface area contributed by atoms with Crippen LogP contribution < -0.4 is 0 Å². The van der Waals surface area contributed by atoms with Crippen molar-refractivity contribution < 1.29 is 18.4 Å². The van der Waals surface area contributed by atoms with Gasteiger partial charge >= 0.3 is 0 Å². The van der Waals surface area contributed by atoms with Gasteiger partial charge in [-0.2, -0.15) is 0 Å². The minimum Gasteiger partial charge on any atom is -0.294 e. The van der Waals surface area contributed by atoms with Gasteiger partial charge in [-0.05, 0) is 71.2 Å². The third kappa shape index (κ3) is 4.19. The second-order valence-electron chi connectivity index (χ2n) is 7.21. The fourth-order valence-corrected chi connectivity index (χ4v) is 3.57. The Morgan fingerprint density at radius 2 is 1.35 bits per heavy atom. The highest BCUT2D eigenvalue weighted by atomic mass is 19.1. The van der Waals surface area contributed by atoms with E-state index in [1.807, 2.05) is 24.3 Å². The van der Waals surface area contributed by atoms with Crippen molar-refractivity contribution in [2.24, 2.45) is 0 Å². The molecular weight excluding hydrogens is 394 g/mol. The van der Waals surface area contributed by atoms with Gasteiger partial charge in [0, 0.05) is 5.57 Å². The van der Waals surface area contributed by atoms with E-state index in [0.29, 0.717) is 22.3 Å². The van der Waals surface area contributed by atoms with Crippen molar-refractivity contribution in [3.05, 3.63) is 124 Å². The highest BCUT2D eigenvalue weighted by molar-refractivity contribution is 6.41. The van der Waals surface area contributed by atoms with Crippen LogP contribution in [0.25, 0.3) is 17.2 Å². The largest absolute Gasteiger partial charge is 0.294 e. The molecule has 1 aliphatic carbocycles. The first-order valence-corrected chi connectivity index (χ1v) is 9.74. The van der Waals surface area contributed by atoms with Crippen molar-refractivity contribution in [2.75, 3.05) is 0 Å². The number of halogens is 2. The van der Waals surface area contributed by atoms with Gasteiger partial charge in [-0.3, -0.25) is 9.59 Å². The molecule has 0 saturated heterocycles. The van der Waals surface area contributed by atoms with E-state index < -0.39 is 0 Å². The van der Waals surface area contributed by atoms with Gasteiger partial charge in [-0.15, -0.1) is 0 Å². The predicted molar refractivity (Wildman–Crippen MR) is 118 cm³/mol. The Balaban J connectivity index is 1.88. The van der Waals surface area contributed by atoms with Crippen LogP contribution in [0.1, 0.15) is 29.2 Å². The van der Waals surface area contributed by atoms with Gasteiger partial charge in [0.2, 0.25) is 0 Å². The predicted octanol–water partition coefficient (Wildman–Crippen LogP) is 6.04. The van der Waals surface area contributed by atoms with E-state index >= 15 is 0 Å². The Morgan fingerprint density at radius 3 is 1.90 bits per heavy atom. The molecule has 0 unspecified atom stereocenters. The Labute approximate surface area is 178 Å². The summed E-state index contributed by atoms with van der Waals surface area (Å²) in [6.07, 6.45) is 5.02. The maximum Gasteiger partial charge on any atom is 0.197 e. The summed E-state index contributed by atoms with van der Waals surface area (Å²) >= 11 is 0. The number of hydrogen-bond donors (Lipinski definition) is 0. The molecule has 31 heavy (non-hydrogen) atoms. The van der Waals surface area contributed by atoms with Crippen LogP contribution in [-0.4, -0.2) is 11.6 Å². The summed E-state index contributed by atoms with van der Waals surface area (Å²) in [5, 5.41) is 0. The molecule has 0 fully saturated rings. The normalized spacial score (nSPS) is 14.1. The zero-order valence-electron chi connectivity index (χ0n) is 16.7. The topological polar surface area (TPSA) is 34.1 Å². The lowest BCUT2D eigenvalue weighted by molar-refractivity contribution is -0.117. The van der Waals surface area contributed by atoms with Crippen LogP contribution >= 0.6 is 0 Å². The van der Waals surface area contributed by atoms with Crippen molar-refractivity contribution in [3.8, 4) is 0 Å². The van der Waals surface area contributed by atoms with E-state index in [2.05, 4.69) is 0 Å². The molecule has 0 radical (unpaired) electrons. The molecule has 0 bridgehead atoms. The van der Waals surface area contributed by atoms with Crippen molar-refractivity contribution in [3.63, 3.8) is 0 Å². The summed E-state index contributed by atoms with van der Waals surface area (Å²) in [5.41, 5.74) is 4.15. The Hall–Kier alpha value is -3.92. The number of fused-ring (bicyclic) bond motifs is 1. The fraction of sp³-hybridized carbons (Fsp3) is 0.0370. The van der Waals surface area contributed by atoms with Gasteiger partial charge in [-0.25, -0.2) is 8.78 Å². The van der Waals surface area contributed by atoms with Crippen molar-refractivity contribution in [2.45, 2.75) is 6.92 Å². The first-order valence-electron chi connectivity index (χ1n) is 9.74. The van der Waals surface area contributed by atoms with Crippen molar-refractivity contribution >= 4 is 28.8 Å². The number of allylic oxidation sites excluding steroid dienone is 4. The van der Waals surface area contributed by atoms with E-state index in [1.54, 1.807) is 42.5 Å². The van der Waals surface area contributed by atoms with Gasteiger partial charge in [0.15, 0.2) is 11.6 Å². The number of Topliss-reactive ketones (excluding diaryl/α,β-unsaturated/α-hetero) is 2. The highest BCUT2D eigenvalue weighted by Crippen LogP contribution is 2.32. The highest BCUT2D eigenvalue weighted by Gasteiger charge is 2.25. The first kappa shape index (κ1) is 20.4. The average Bonchev–Trinajstić information content (AvgIpc) is 2.77. The molecule has 4 rings (SSSR count). The maximum absolute atomic E-state index is 13.5. The van der Waals surface area contributed by atoms with Gasteiger partial charge in [0.25, 0.3) is 0 Å². The van der Waals surface area contributed by atoms with Crippen molar-refractivity contribution in [1.29, 1.82) is 0 Å². The minimum absolute atomic E-state index is 0.128. The van der Waals surface area contributed by atoms with E-state index in [-0.39, 0.29) is 28.8 Å². The quantitative estimate of drug-likeness (QED) is 0.387. The smallest absolute Gasteiger partial charge is 0.197 e. The summed E-state index contributed by atoms with van der Waals surface area (Å²) in [5.74, 6) is -1.38. The number of hydrogen-bond acceptors (Lipinski definition) is 2. The molecule has 0 atom stereocenters. The second kappa shape index (κ2) is 8.44. The lowest BCUT2D eigenvalue weighted by Gasteiger charge is -2.17. The minimum atomic E-state index is -0.367. The maximum atomic E-state index is 13.5. The first-order chi connectivity index (χ1) is 14.9. The monoisotopic (exact) mass is 412 g/mol. The van der Waals surface area contributed by atoms with Gasteiger partial charge in [0.1, 0.15) is 11.6 Å². The summed E-state index contributed by atoms with van der Waals surface area (Å²) in [6.45, 7) is 1.37. The molecule has 3 aromatic rings. The average molecular weight is 412 g/mol. The number of rotatable bonds is 4. The molecule has 0 spiro atoms. The molecule has 0 amide bonds. The number of carbonyl (C=O) groups excluding carboxylic acids is 2. The molecule has 0 N–H and O–H groups in total. The molecule has 2 nitrogen and oxygen atoms in total. The third-order valence-corrected chi connectivity index (χ3v) is 5.15. The molecule has 0 aromatic heterocycles. The van der Waals surface area contributed by atoms with E-state index in [0.717, 1.165) is 11.1 Å². The van der Waals surface area contributed by atoms with Crippen LogP contribution in [-0.2, 0) is 9.59 Å². The van der Waals surface area contributed by atoms with Gasteiger partial charge in [0.05, 0.1) is 5.57 Å². The summed E-state index contributed by atoms with van der Waals surface area (Å²) in [7, 11) is 0. The number of benzene rings is 3. The molecule has 1 aliphatic rings. The van der Waals surface area contributed by atoms with Gasteiger partial charge in [-0.1, -0.05) is 54.6 Å². The lowest BCUT2D eigenvalue weighted by atomic mass is 9.84. The zero-order valence-corrected chi connectivity index (χ0v) is 16.7. The molecule has 0 aliphatic heterocycles. The molecule has 3 aromatic carbocycles. The fourth-order valence-electron chi connectivity index (χ4n) is 3.57. The third-order valence-electron chi connectivity index (χ3n) is 5.15.